The topological polar surface area (TPSA) is 48.6 Å². The molecule has 0 spiro atoms. The summed E-state index contributed by atoms with van der Waals surface area (Å²) in [5.41, 5.74) is 1.36. The van der Waals surface area contributed by atoms with Gasteiger partial charge in [0.15, 0.2) is 0 Å². The smallest absolute Gasteiger partial charge is 0.136 e. The lowest BCUT2D eigenvalue weighted by Gasteiger charge is -2.21. The number of benzene rings is 1. The first-order valence-corrected chi connectivity index (χ1v) is 7.15. The van der Waals surface area contributed by atoms with Crippen molar-refractivity contribution in [2.24, 2.45) is 0 Å². The lowest BCUT2D eigenvalue weighted by molar-refractivity contribution is 0.0333. The molecule has 0 aliphatic carbocycles. The summed E-state index contributed by atoms with van der Waals surface area (Å²) in [5, 5.41) is 13.7. The number of rotatable bonds is 6. The van der Waals surface area contributed by atoms with Crippen LogP contribution < -0.4 is 10.2 Å². The maximum atomic E-state index is 10.4. The van der Waals surface area contributed by atoms with Gasteiger partial charge in [0, 0.05) is 32.9 Å². The molecule has 1 aromatic carbocycles. The second-order valence-corrected chi connectivity index (χ2v) is 5.85. The van der Waals surface area contributed by atoms with Crippen LogP contribution in [0.15, 0.2) is 40.8 Å². The summed E-state index contributed by atoms with van der Waals surface area (Å²) in [4.78, 5) is 2.07. The molecule has 4 nitrogen and oxygen atoms in total. The van der Waals surface area contributed by atoms with Gasteiger partial charge in [-0.2, -0.15) is 0 Å². The highest BCUT2D eigenvalue weighted by Gasteiger charge is 2.26. The Hall–Kier alpha value is -1.78. The van der Waals surface area contributed by atoms with Crippen LogP contribution >= 0.6 is 0 Å². The third-order valence-corrected chi connectivity index (χ3v) is 3.52. The van der Waals surface area contributed by atoms with Crippen molar-refractivity contribution >= 4 is 5.69 Å². The maximum Gasteiger partial charge on any atom is 0.136 e. The third kappa shape index (κ3) is 4.09. The van der Waals surface area contributed by atoms with E-state index in [0.29, 0.717) is 18.8 Å². The molecular formula is C17H24N2O2. The lowest BCUT2D eigenvalue weighted by Crippen LogP contribution is -2.34. The number of aliphatic hydroxyl groups is 1. The van der Waals surface area contributed by atoms with Crippen LogP contribution in [0.4, 0.5) is 5.69 Å². The van der Waals surface area contributed by atoms with E-state index in [-0.39, 0.29) is 0 Å². The van der Waals surface area contributed by atoms with E-state index in [1.807, 2.05) is 33.2 Å². The first kappa shape index (κ1) is 15.6. The molecule has 114 valence electrons. The monoisotopic (exact) mass is 288 g/mol. The number of aryl methyl sites for hydroxylation is 1. The summed E-state index contributed by atoms with van der Waals surface area (Å²) in [6, 6.07) is 12.0. The van der Waals surface area contributed by atoms with Gasteiger partial charge in [-0.15, -0.1) is 0 Å². The summed E-state index contributed by atoms with van der Waals surface area (Å²) >= 11 is 0. The second-order valence-electron chi connectivity index (χ2n) is 5.85. The fourth-order valence-corrected chi connectivity index (χ4v) is 2.17. The molecule has 1 unspecified atom stereocenters. The Balaban J connectivity index is 1.88. The number of anilines is 1. The summed E-state index contributed by atoms with van der Waals surface area (Å²) < 4.78 is 5.50. The Morgan fingerprint density at radius 3 is 2.33 bits per heavy atom. The molecule has 0 radical (unpaired) electrons. The van der Waals surface area contributed by atoms with Gasteiger partial charge in [-0.25, -0.2) is 0 Å². The fraction of sp³-hybridized carbons (Fsp3) is 0.412. The SMILES string of the molecule is Cc1ccc(C(C)(O)CNCc2ccc(N(C)C)cc2)o1. The molecular weight excluding hydrogens is 264 g/mol. The molecule has 0 aliphatic rings. The molecule has 0 fully saturated rings. The van der Waals surface area contributed by atoms with Crippen molar-refractivity contribution in [3.63, 3.8) is 0 Å². The normalized spacial score (nSPS) is 14.0. The number of nitrogens with zero attached hydrogens (tertiary/aromatic N) is 1. The van der Waals surface area contributed by atoms with Crippen LogP contribution in [0, 0.1) is 6.92 Å². The van der Waals surface area contributed by atoms with E-state index in [1.54, 1.807) is 6.92 Å². The van der Waals surface area contributed by atoms with Gasteiger partial charge < -0.3 is 19.7 Å². The van der Waals surface area contributed by atoms with Crippen molar-refractivity contribution in [3.8, 4) is 0 Å². The van der Waals surface area contributed by atoms with Crippen LogP contribution in [0.3, 0.4) is 0 Å². The van der Waals surface area contributed by atoms with E-state index < -0.39 is 5.60 Å². The van der Waals surface area contributed by atoms with Gasteiger partial charge in [-0.1, -0.05) is 12.1 Å². The second kappa shape index (κ2) is 6.33. The first-order chi connectivity index (χ1) is 9.88. The molecule has 0 amide bonds. The zero-order valence-electron chi connectivity index (χ0n) is 13.2. The maximum absolute atomic E-state index is 10.4. The highest BCUT2D eigenvalue weighted by atomic mass is 16.4. The third-order valence-electron chi connectivity index (χ3n) is 3.52. The molecule has 0 saturated carbocycles. The highest BCUT2D eigenvalue weighted by Crippen LogP contribution is 2.22. The zero-order chi connectivity index (χ0) is 15.5. The van der Waals surface area contributed by atoms with Gasteiger partial charge in [0.2, 0.25) is 0 Å². The zero-order valence-corrected chi connectivity index (χ0v) is 13.2. The number of furan rings is 1. The number of hydrogen-bond acceptors (Lipinski definition) is 4. The molecule has 2 aromatic rings. The van der Waals surface area contributed by atoms with Gasteiger partial charge in [0.1, 0.15) is 17.1 Å². The van der Waals surface area contributed by atoms with E-state index in [4.69, 9.17) is 4.42 Å². The van der Waals surface area contributed by atoms with Crippen LogP contribution in [0.25, 0.3) is 0 Å². The first-order valence-electron chi connectivity index (χ1n) is 7.15. The van der Waals surface area contributed by atoms with Gasteiger partial charge in [0.25, 0.3) is 0 Å². The Kier molecular flexibility index (Phi) is 4.70. The molecule has 4 heteroatoms. The summed E-state index contributed by atoms with van der Waals surface area (Å²) in [7, 11) is 4.05. The summed E-state index contributed by atoms with van der Waals surface area (Å²) in [6.45, 7) is 4.78. The number of nitrogens with one attached hydrogen (secondary N) is 1. The van der Waals surface area contributed by atoms with Crippen molar-refractivity contribution in [2.45, 2.75) is 26.0 Å². The standard InChI is InChI=1S/C17H24N2O2/c1-13-5-10-16(21-13)17(2,20)12-18-11-14-6-8-15(9-7-14)19(3)4/h5-10,18,20H,11-12H2,1-4H3. The Bertz CT molecular complexity index is 571. The van der Waals surface area contributed by atoms with E-state index in [9.17, 15) is 5.11 Å². The average molecular weight is 288 g/mol. The van der Waals surface area contributed by atoms with E-state index in [1.165, 1.54) is 11.3 Å². The van der Waals surface area contributed by atoms with Crippen molar-refractivity contribution in [1.82, 2.24) is 5.32 Å². The van der Waals surface area contributed by atoms with Gasteiger partial charge in [-0.3, -0.25) is 0 Å². The summed E-state index contributed by atoms with van der Waals surface area (Å²) in [5.74, 6) is 1.40. The lowest BCUT2D eigenvalue weighted by atomic mass is 10.0. The fourth-order valence-electron chi connectivity index (χ4n) is 2.17. The van der Waals surface area contributed by atoms with Crippen molar-refractivity contribution < 1.29 is 9.52 Å². The quantitative estimate of drug-likeness (QED) is 0.858. The molecule has 21 heavy (non-hydrogen) atoms. The summed E-state index contributed by atoms with van der Waals surface area (Å²) in [6.07, 6.45) is 0. The molecule has 1 heterocycles. The Morgan fingerprint density at radius 1 is 1.14 bits per heavy atom. The molecule has 0 bridgehead atoms. The minimum Gasteiger partial charge on any atom is -0.463 e. The largest absolute Gasteiger partial charge is 0.463 e. The van der Waals surface area contributed by atoms with E-state index >= 15 is 0 Å². The average Bonchev–Trinajstić information content (AvgIpc) is 2.87. The van der Waals surface area contributed by atoms with Gasteiger partial charge in [0.05, 0.1) is 0 Å². The molecule has 1 atom stereocenters. The molecule has 1 aromatic heterocycles. The Labute approximate surface area is 126 Å². The molecule has 2 N–H and O–H groups in total. The van der Waals surface area contributed by atoms with Crippen LogP contribution in [-0.4, -0.2) is 25.7 Å². The molecule has 0 aliphatic heterocycles. The minimum absolute atomic E-state index is 0.440. The van der Waals surface area contributed by atoms with Crippen molar-refractivity contribution in [3.05, 3.63) is 53.5 Å². The molecule has 2 rings (SSSR count). The Morgan fingerprint density at radius 2 is 1.81 bits per heavy atom. The predicted octanol–water partition coefficient (Wildman–Crippen LogP) is 2.65. The van der Waals surface area contributed by atoms with Gasteiger partial charge in [-0.05, 0) is 43.7 Å². The minimum atomic E-state index is -1.00. The van der Waals surface area contributed by atoms with E-state index in [0.717, 1.165) is 5.76 Å². The van der Waals surface area contributed by atoms with Crippen LogP contribution in [0.2, 0.25) is 0 Å². The van der Waals surface area contributed by atoms with E-state index in [2.05, 4.69) is 34.5 Å². The van der Waals surface area contributed by atoms with Crippen molar-refractivity contribution in [2.75, 3.05) is 25.5 Å². The van der Waals surface area contributed by atoms with Crippen LogP contribution in [0.1, 0.15) is 24.0 Å². The number of hydrogen-bond donors (Lipinski definition) is 2. The highest BCUT2D eigenvalue weighted by molar-refractivity contribution is 5.45. The molecule has 0 saturated heterocycles. The van der Waals surface area contributed by atoms with Crippen LogP contribution in [0.5, 0.6) is 0 Å². The van der Waals surface area contributed by atoms with Crippen LogP contribution in [-0.2, 0) is 12.1 Å². The van der Waals surface area contributed by atoms with Crippen molar-refractivity contribution in [1.29, 1.82) is 0 Å². The predicted molar refractivity (Wildman–Crippen MR) is 85.5 cm³/mol. The van der Waals surface area contributed by atoms with Gasteiger partial charge >= 0.3 is 0 Å².